The number of carbonyl (C=O) groups excluding carboxylic acids is 1. The van der Waals surface area contributed by atoms with Crippen molar-refractivity contribution in [2.45, 2.75) is 51.8 Å². The van der Waals surface area contributed by atoms with Crippen molar-refractivity contribution in [3.8, 4) is 5.88 Å². The number of amides is 1. The highest BCUT2D eigenvalue weighted by Gasteiger charge is 2.41. The lowest BCUT2D eigenvalue weighted by atomic mass is 9.90. The molecule has 36 heavy (non-hydrogen) atoms. The van der Waals surface area contributed by atoms with Crippen molar-refractivity contribution in [1.29, 1.82) is 0 Å². The summed E-state index contributed by atoms with van der Waals surface area (Å²) in [5, 5.41) is 3.05. The van der Waals surface area contributed by atoms with Crippen LogP contribution in [0, 0.1) is 0 Å². The van der Waals surface area contributed by atoms with Gasteiger partial charge in [0.1, 0.15) is 11.4 Å². The van der Waals surface area contributed by atoms with Crippen molar-refractivity contribution in [3.05, 3.63) is 59.2 Å². The predicted molar refractivity (Wildman–Crippen MR) is 132 cm³/mol. The fourth-order valence-electron chi connectivity index (χ4n) is 4.31. The minimum Gasteiger partial charge on any atom is -0.475 e. The van der Waals surface area contributed by atoms with Gasteiger partial charge in [0.25, 0.3) is 11.8 Å². The number of nitrogens with zero attached hydrogens (tertiary/aromatic N) is 4. The second-order valence-electron chi connectivity index (χ2n) is 9.35. The van der Waals surface area contributed by atoms with Crippen LogP contribution in [-0.4, -0.2) is 65.1 Å². The summed E-state index contributed by atoms with van der Waals surface area (Å²) in [5.41, 5.74) is 1.23. The summed E-state index contributed by atoms with van der Waals surface area (Å²) in [4.78, 5) is 28.5. The Labute approximate surface area is 209 Å². The van der Waals surface area contributed by atoms with Crippen LogP contribution in [0.5, 0.6) is 5.88 Å². The zero-order valence-corrected chi connectivity index (χ0v) is 20.9. The van der Waals surface area contributed by atoms with Gasteiger partial charge < -0.3 is 14.8 Å². The van der Waals surface area contributed by atoms with Gasteiger partial charge in [-0.3, -0.25) is 19.7 Å². The molecule has 0 saturated carbocycles. The number of morpholine rings is 1. The third kappa shape index (κ3) is 5.76. The SMILES string of the molecule is CC1=C(c2ccc(OC(C)C)nc2)CC(NC(=O)c2cc(C(C)(F)F)ccn2)(N2CCOCC2)C=N1. The van der Waals surface area contributed by atoms with Crippen molar-refractivity contribution in [2.75, 3.05) is 26.3 Å². The van der Waals surface area contributed by atoms with Gasteiger partial charge in [-0.1, -0.05) is 0 Å². The van der Waals surface area contributed by atoms with E-state index in [1.807, 2.05) is 32.9 Å². The van der Waals surface area contributed by atoms with Gasteiger partial charge in [0.15, 0.2) is 0 Å². The number of pyridine rings is 2. The molecule has 4 rings (SSSR count). The second-order valence-corrected chi connectivity index (χ2v) is 9.35. The lowest BCUT2D eigenvalue weighted by Gasteiger charge is -2.45. The number of aliphatic imine (C=N–C) groups is 1. The largest absolute Gasteiger partial charge is 0.475 e. The first-order valence-corrected chi connectivity index (χ1v) is 11.9. The van der Waals surface area contributed by atoms with Crippen molar-refractivity contribution in [2.24, 2.45) is 4.99 Å². The minimum atomic E-state index is -3.09. The molecule has 1 atom stereocenters. The first-order valence-electron chi connectivity index (χ1n) is 11.9. The Bertz CT molecular complexity index is 1150. The Morgan fingerprint density at radius 1 is 1.22 bits per heavy atom. The molecule has 0 aliphatic carbocycles. The summed E-state index contributed by atoms with van der Waals surface area (Å²) in [6.45, 7) is 8.71. The third-order valence-electron chi connectivity index (χ3n) is 6.20. The Morgan fingerprint density at radius 3 is 2.61 bits per heavy atom. The van der Waals surface area contributed by atoms with Gasteiger partial charge in [-0.25, -0.2) is 13.8 Å². The molecule has 1 unspecified atom stereocenters. The zero-order valence-electron chi connectivity index (χ0n) is 20.9. The quantitative estimate of drug-likeness (QED) is 0.619. The van der Waals surface area contributed by atoms with Gasteiger partial charge in [0.05, 0.1) is 19.3 Å². The van der Waals surface area contributed by atoms with Crippen molar-refractivity contribution in [3.63, 3.8) is 0 Å². The first-order chi connectivity index (χ1) is 17.1. The normalized spacial score (nSPS) is 21.1. The summed E-state index contributed by atoms with van der Waals surface area (Å²) in [6, 6.07) is 6.07. The van der Waals surface area contributed by atoms with E-state index in [0.29, 0.717) is 38.6 Å². The van der Waals surface area contributed by atoms with E-state index in [-0.39, 0.29) is 17.4 Å². The van der Waals surface area contributed by atoms with Crippen LogP contribution < -0.4 is 10.1 Å². The van der Waals surface area contributed by atoms with E-state index < -0.39 is 17.5 Å². The number of aromatic nitrogens is 2. The van der Waals surface area contributed by atoms with Crippen LogP contribution in [-0.2, 0) is 10.7 Å². The number of nitrogens with one attached hydrogen (secondary N) is 1. The Morgan fingerprint density at radius 2 is 1.97 bits per heavy atom. The van der Waals surface area contributed by atoms with Gasteiger partial charge >= 0.3 is 0 Å². The molecule has 0 aromatic carbocycles. The molecule has 4 heterocycles. The van der Waals surface area contributed by atoms with Crippen LogP contribution in [0.4, 0.5) is 8.78 Å². The number of halogens is 2. The summed E-state index contributed by atoms with van der Waals surface area (Å²) >= 11 is 0. The summed E-state index contributed by atoms with van der Waals surface area (Å²) in [7, 11) is 0. The molecular weight excluding hydrogens is 468 g/mol. The predicted octanol–water partition coefficient (Wildman–Crippen LogP) is 4.04. The van der Waals surface area contributed by atoms with E-state index in [4.69, 9.17) is 9.47 Å². The highest BCUT2D eigenvalue weighted by molar-refractivity contribution is 5.96. The summed E-state index contributed by atoms with van der Waals surface area (Å²) in [6.07, 6.45) is 5.09. The Hall–Kier alpha value is -3.24. The van der Waals surface area contributed by atoms with Crippen LogP contribution in [0.1, 0.15) is 55.7 Å². The molecule has 1 amide bonds. The number of alkyl halides is 2. The molecule has 2 aliphatic rings. The maximum atomic E-state index is 13.9. The average molecular weight is 500 g/mol. The van der Waals surface area contributed by atoms with E-state index in [9.17, 15) is 13.6 Å². The van der Waals surface area contributed by atoms with Gasteiger partial charge in [-0.15, -0.1) is 0 Å². The monoisotopic (exact) mass is 499 g/mol. The number of hydrogen-bond acceptors (Lipinski definition) is 7. The lowest BCUT2D eigenvalue weighted by Crippen LogP contribution is -2.65. The molecule has 0 radical (unpaired) electrons. The summed E-state index contributed by atoms with van der Waals surface area (Å²) in [5.74, 6) is -3.12. The van der Waals surface area contributed by atoms with E-state index >= 15 is 0 Å². The molecule has 8 nitrogen and oxygen atoms in total. The zero-order chi connectivity index (χ0) is 25.9. The number of carbonyl (C=O) groups is 1. The van der Waals surface area contributed by atoms with Gasteiger partial charge in [-0.2, -0.15) is 0 Å². The molecule has 1 saturated heterocycles. The van der Waals surface area contributed by atoms with Crippen molar-refractivity contribution < 1.29 is 23.0 Å². The molecule has 1 N–H and O–H groups in total. The van der Waals surface area contributed by atoms with E-state index in [1.54, 1.807) is 12.4 Å². The van der Waals surface area contributed by atoms with E-state index in [0.717, 1.165) is 29.8 Å². The fourth-order valence-corrected chi connectivity index (χ4v) is 4.31. The number of ether oxygens (including phenoxy) is 2. The maximum absolute atomic E-state index is 13.9. The summed E-state index contributed by atoms with van der Waals surface area (Å²) < 4.78 is 38.9. The molecular formula is C26H31F2N5O3. The van der Waals surface area contributed by atoms with E-state index in [2.05, 4.69) is 25.2 Å². The molecule has 2 aromatic rings. The van der Waals surface area contributed by atoms with Crippen molar-refractivity contribution >= 4 is 17.7 Å². The molecule has 10 heteroatoms. The minimum absolute atomic E-state index is 0.00698. The highest BCUT2D eigenvalue weighted by atomic mass is 19.3. The molecule has 1 fully saturated rings. The number of rotatable bonds is 7. The molecule has 2 aliphatic heterocycles. The molecule has 0 bridgehead atoms. The van der Waals surface area contributed by atoms with Gasteiger partial charge in [0.2, 0.25) is 5.88 Å². The molecule has 192 valence electrons. The second kappa shape index (κ2) is 10.4. The topological polar surface area (TPSA) is 88.9 Å². The Kier molecular flexibility index (Phi) is 7.46. The van der Waals surface area contributed by atoms with Crippen LogP contribution in [0.3, 0.4) is 0 Å². The highest BCUT2D eigenvalue weighted by Crippen LogP contribution is 2.35. The molecule has 0 spiro atoms. The van der Waals surface area contributed by atoms with Crippen LogP contribution >= 0.6 is 0 Å². The Balaban J connectivity index is 1.65. The third-order valence-corrected chi connectivity index (χ3v) is 6.20. The van der Waals surface area contributed by atoms with Crippen LogP contribution in [0.25, 0.3) is 5.57 Å². The average Bonchev–Trinajstić information content (AvgIpc) is 2.85. The fraction of sp³-hybridized carbons (Fsp3) is 0.462. The lowest BCUT2D eigenvalue weighted by molar-refractivity contribution is -0.00630. The van der Waals surface area contributed by atoms with E-state index in [1.165, 1.54) is 12.3 Å². The smallest absolute Gasteiger partial charge is 0.271 e. The van der Waals surface area contributed by atoms with Crippen LogP contribution in [0.2, 0.25) is 0 Å². The first kappa shape index (κ1) is 25.8. The van der Waals surface area contributed by atoms with Gasteiger partial charge in [-0.05, 0) is 50.1 Å². The molecule has 2 aromatic heterocycles. The van der Waals surface area contributed by atoms with Gasteiger partial charge in [0, 0.05) is 62.4 Å². The van der Waals surface area contributed by atoms with Crippen molar-refractivity contribution in [1.82, 2.24) is 20.2 Å². The number of hydrogen-bond donors (Lipinski definition) is 1. The number of allylic oxidation sites excluding steroid dienone is 1. The standard InChI is InChI=1S/C26H31F2N5O3/c1-17(2)36-23-6-5-19(15-30-23)21-14-26(16-31-18(21)3,33-9-11-35-12-10-33)32-24(34)22-13-20(7-8-29-22)25(4,27)28/h5-8,13,15-17H,9-12,14H2,1-4H3,(H,32,34). The van der Waals surface area contributed by atoms with Crippen LogP contribution in [0.15, 0.2) is 47.3 Å². The maximum Gasteiger partial charge on any atom is 0.271 e.